The fraction of sp³-hybridized carbons (Fsp3) is 0.391. The van der Waals surface area contributed by atoms with Crippen molar-refractivity contribution in [2.75, 3.05) is 18.4 Å². The minimum atomic E-state index is -0.0274. The number of carbonyl (C=O) groups is 2. The molecule has 0 unspecified atom stereocenters. The third-order valence-electron chi connectivity index (χ3n) is 4.48. The summed E-state index contributed by atoms with van der Waals surface area (Å²) in [4.78, 5) is 26.9. The van der Waals surface area contributed by atoms with E-state index in [1.54, 1.807) is 6.07 Å². The fourth-order valence-electron chi connectivity index (χ4n) is 3.03. The van der Waals surface area contributed by atoms with Gasteiger partial charge in [0.05, 0.1) is 0 Å². The summed E-state index contributed by atoms with van der Waals surface area (Å²) in [6, 6.07) is 15.4. The van der Waals surface area contributed by atoms with Gasteiger partial charge in [0.25, 0.3) is 5.91 Å². The van der Waals surface area contributed by atoms with Crippen LogP contribution in [0.25, 0.3) is 0 Å². The lowest BCUT2D eigenvalue weighted by Crippen LogP contribution is -2.32. The molecule has 0 atom stereocenters. The predicted octanol–water partition coefficient (Wildman–Crippen LogP) is 3.97. The number of hydrogen-bond donors (Lipinski definition) is 2. The lowest BCUT2D eigenvalue weighted by Gasteiger charge is -2.23. The second-order valence-electron chi connectivity index (χ2n) is 7.53. The number of anilines is 1. The summed E-state index contributed by atoms with van der Waals surface area (Å²) in [5.74, 6) is 0.265. The molecular formula is C23H31N3O2. The highest BCUT2D eigenvalue weighted by molar-refractivity contribution is 5.96. The minimum Gasteiger partial charge on any atom is -0.334 e. The van der Waals surface area contributed by atoms with Gasteiger partial charge in [0.1, 0.15) is 0 Å². The Kier molecular flexibility index (Phi) is 8.20. The van der Waals surface area contributed by atoms with E-state index in [1.807, 2.05) is 68.1 Å². The number of rotatable bonds is 9. The van der Waals surface area contributed by atoms with E-state index in [1.165, 1.54) is 0 Å². The van der Waals surface area contributed by atoms with Crippen LogP contribution in [0.4, 0.5) is 5.69 Å². The van der Waals surface area contributed by atoms with Crippen LogP contribution in [0.1, 0.15) is 48.2 Å². The Hall–Kier alpha value is -2.66. The number of benzene rings is 2. The maximum atomic E-state index is 13.1. The molecule has 0 saturated carbocycles. The molecule has 0 spiro atoms. The number of nitrogens with two attached hydrogens (primary N) is 1. The molecule has 0 aromatic heterocycles. The van der Waals surface area contributed by atoms with Crippen LogP contribution in [0.2, 0.25) is 0 Å². The van der Waals surface area contributed by atoms with Crippen LogP contribution in [-0.2, 0) is 11.3 Å². The molecule has 2 aromatic carbocycles. The van der Waals surface area contributed by atoms with Crippen LogP contribution in [-0.4, -0.2) is 29.8 Å². The number of nitrogens with zero attached hydrogens (tertiary/aromatic N) is 1. The first kappa shape index (κ1) is 21.6. The molecule has 3 N–H and O–H groups in total. The first-order valence-electron chi connectivity index (χ1n) is 9.84. The Morgan fingerprint density at radius 2 is 1.82 bits per heavy atom. The molecule has 5 heteroatoms. The quantitative estimate of drug-likeness (QED) is 0.690. The standard InChI is InChI=1S/C23H31N3O2/c1-17(2)14-22(27)25-21-11-10-20(15-18(21)3)23(28)26(13-7-12-24)16-19-8-5-4-6-9-19/h4-6,8-11,15,17H,7,12-14,16,24H2,1-3H3,(H,25,27). The van der Waals surface area contributed by atoms with Crippen molar-refractivity contribution in [3.63, 3.8) is 0 Å². The Morgan fingerprint density at radius 1 is 1.11 bits per heavy atom. The van der Waals surface area contributed by atoms with Gasteiger partial charge in [-0.1, -0.05) is 44.2 Å². The van der Waals surface area contributed by atoms with Crippen LogP contribution >= 0.6 is 0 Å². The van der Waals surface area contributed by atoms with Crippen molar-refractivity contribution in [1.29, 1.82) is 0 Å². The van der Waals surface area contributed by atoms with Crippen LogP contribution in [0.15, 0.2) is 48.5 Å². The van der Waals surface area contributed by atoms with E-state index in [9.17, 15) is 9.59 Å². The molecule has 0 aliphatic rings. The summed E-state index contributed by atoms with van der Waals surface area (Å²) < 4.78 is 0. The molecule has 28 heavy (non-hydrogen) atoms. The van der Waals surface area contributed by atoms with Crippen molar-refractivity contribution >= 4 is 17.5 Å². The molecule has 2 aromatic rings. The number of carbonyl (C=O) groups excluding carboxylic acids is 2. The summed E-state index contributed by atoms with van der Waals surface area (Å²) in [7, 11) is 0. The highest BCUT2D eigenvalue weighted by Crippen LogP contribution is 2.19. The van der Waals surface area contributed by atoms with Gasteiger partial charge in [0, 0.05) is 30.8 Å². The highest BCUT2D eigenvalue weighted by atomic mass is 16.2. The monoisotopic (exact) mass is 381 g/mol. The fourth-order valence-corrected chi connectivity index (χ4v) is 3.03. The molecule has 0 fully saturated rings. The van der Waals surface area contributed by atoms with Crippen LogP contribution < -0.4 is 11.1 Å². The Bertz CT molecular complexity index is 788. The van der Waals surface area contributed by atoms with Gasteiger partial charge < -0.3 is 16.0 Å². The molecule has 0 radical (unpaired) electrons. The van der Waals surface area contributed by atoms with Crippen LogP contribution in [0, 0.1) is 12.8 Å². The molecular weight excluding hydrogens is 350 g/mol. The maximum Gasteiger partial charge on any atom is 0.254 e. The molecule has 2 rings (SSSR count). The van der Waals surface area contributed by atoms with Crippen molar-refractivity contribution in [3.8, 4) is 0 Å². The van der Waals surface area contributed by atoms with Crippen molar-refractivity contribution in [1.82, 2.24) is 4.90 Å². The van der Waals surface area contributed by atoms with E-state index in [-0.39, 0.29) is 11.8 Å². The van der Waals surface area contributed by atoms with Crippen molar-refractivity contribution in [2.24, 2.45) is 11.7 Å². The third-order valence-corrected chi connectivity index (χ3v) is 4.48. The lowest BCUT2D eigenvalue weighted by molar-refractivity contribution is -0.116. The molecule has 0 aliphatic carbocycles. The molecule has 150 valence electrons. The molecule has 0 heterocycles. The number of nitrogens with one attached hydrogen (secondary N) is 1. The number of aryl methyl sites for hydroxylation is 1. The van der Waals surface area contributed by atoms with Gasteiger partial charge >= 0.3 is 0 Å². The van der Waals surface area contributed by atoms with E-state index in [2.05, 4.69) is 5.32 Å². The SMILES string of the molecule is Cc1cc(C(=O)N(CCCN)Cc2ccccc2)ccc1NC(=O)CC(C)C. The first-order chi connectivity index (χ1) is 13.4. The third kappa shape index (κ3) is 6.50. The largest absolute Gasteiger partial charge is 0.334 e. The van der Waals surface area contributed by atoms with Gasteiger partial charge in [-0.15, -0.1) is 0 Å². The molecule has 0 bridgehead atoms. The maximum absolute atomic E-state index is 13.1. The van der Waals surface area contributed by atoms with Crippen LogP contribution in [0.5, 0.6) is 0 Å². The summed E-state index contributed by atoms with van der Waals surface area (Å²) in [6.07, 6.45) is 1.23. The Balaban J connectivity index is 2.14. The smallest absolute Gasteiger partial charge is 0.254 e. The van der Waals surface area contributed by atoms with Crippen molar-refractivity contribution in [2.45, 2.75) is 40.2 Å². The summed E-state index contributed by atoms with van der Waals surface area (Å²) in [5.41, 5.74) is 8.98. The Morgan fingerprint density at radius 3 is 2.43 bits per heavy atom. The summed E-state index contributed by atoms with van der Waals surface area (Å²) in [6.45, 7) is 7.62. The zero-order valence-corrected chi connectivity index (χ0v) is 17.1. The van der Waals surface area contributed by atoms with Gasteiger partial charge in [-0.25, -0.2) is 0 Å². The first-order valence-corrected chi connectivity index (χ1v) is 9.84. The second kappa shape index (κ2) is 10.6. The predicted molar refractivity (Wildman–Crippen MR) is 114 cm³/mol. The van der Waals surface area contributed by atoms with Gasteiger partial charge in [0.15, 0.2) is 0 Å². The van der Waals surface area contributed by atoms with E-state index in [0.29, 0.717) is 37.5 Å². The molecule has 2 amide bonds. The summed E-state index contributed by atoms with van der Waals surface area (Å²) >= 11 is 0. The topological polar surface area (TPSA) is 75.4 Å². The average Bonchev–Trinajstić information content (AvgIpc) is 2.66. The average molecular weight is 382 g/mol. The van der Waals surface area contributed by atoms with E-state index < -0.39 is 0 Å². The molecule has 0 aliphatic heterocycles. The van der Waals surface area contributed by atoms with E-state index >= 15 is 0 Å². The van der Waals surface area contributed by atoms with Gasteiger partial charge in [-0.05, 0) is 55.1 Å². The van der Waals surface area contributed by atoms with Gasteiger partial charge in [0.2, 0.25) is 5.91 Å². The zero-order chi connectivity index (χ0) is 20.5. The van der Waals surface area contributed by atoms with Crippen molar-refractivity contribution < 1.29 is 9.59 Å². The summed E-state index contributed by atoms with van der Waals surface area (Å²) in [5, 5.41) is 2.93. The van der Waals surface area contributed by atoms with Crippen LogP contribution in [0.3, 0.4) is 0 Å². The van der Waals surface area contributed by atoms with E-state index in [0.717, 1.165) is 23.2 Å². The normalized spacial score (nSPS) is 10.8. The minimum absolute atomic E-state index is 0.00849. The second-order valence-corrected chi connectivity index (χ2v) is 7.53. The molecule has 5 nitrogen and oxygen atoms in total. The van der Waals surface area contributed by atoms with E-state index in [4.69, 9.17) is 5.73 Å². The molecule has 0 saturated heterocycles. The van der Waals surface area contributed by atoms with Gasteiger partial charge in [-0.2, -0.15) is 0 Å². The zero-order valence-electron chi connectivity index (χ0n) is 17.1. The lowest BCUT2D eigenvalue weighted by atomic mass is 10.1. The van der Waals surface area contributed by atoms with Gasteiger partial charge in [-0.3, -0.25) is 9.59 Å². The highest BCUT2D eigenvalue weighted by Gasteiger charge is 2.17. The number of amides is 2. The Labute approximate surface area is 167 Å². The van der Waals surface area contributed by atoms with Crippen molar-refractivity contribution in [3.05, 3.63) is 65.2 Å². The number of hydrogen-bond acceptors (Lipinski definition) is 3.